The summed E-state index contributed by atoms with van der Waals surface area (Å²) in [4.78, 5) is 56.0. The van der Waals surface area contributed by atoms with Gasteiger partial charge in [0.2, 0.25) is 5.91 Å². The van der Waals surface area contributed by atoms with E-state index in [1.54, 1.807) is 31.2 Å². The average Bonchev–Trinajstić information content (AvgIpc) is 3.45. The number of ether oxygens (including phenoxy) is 2. The average molecular weight is 651 g/mol. The Bertz CT molecular complexity index is 1660. The molecule has 0 saturated carbocycles. The molecule has 5 rings (SSSR count). The van der Waals surface area contributed by atoms with E-state index in [2.05, 4.69) is 16.9 Å². The van der Waals surface area contributed by atoms with Crippen LogP contribution in [0.4, 0.5) is 5.69 Å². The molecule has 0 spiro atoms. The second kappa shape index (κ2) is 13.9. The van der Waals surface area contributed by atoms with Gasteiger partial charge in [0.1, 0.15) is 23.8 Å². The number of β-lactam (4-membered cyclic amide) rings is 1. The van der Waals surface area contributed by atoms with Gasteiger partial charge >= 0.3 is 5.97 Å². The number of para-hydroxylation sites is 2. The standard InChI is InChI=1S/C30H26N4O7S3/c1-18(2)26(29(37)41-16-19-12-14-20(15-13-19)34(38)39)33-27(36)25(32-24(35)17-40-21-8-4-3-5-9-21)28(33)43-44-30-31-22-10-6-7-11-23(22)42-30/h3-15,25-26,28H,1,16-17H2,2H3,(H,32,35). The van der Waals surface area contributed by atoms with Crippen molar-refractivity contribution >= 4 is 66.6 Å². The predicted molar refractivity (Wildman–Crippen MR) is 169 cm³/mol. The predicted octanol–water partition coefficient (Wildman–Crippen LogP) is 5.37. The van der Waals surface area contributed by atoms with Crippen LogP contribution in [0.25, 0.3) is 10.2 Å². The minimum absolute atomic E-state index is 0.0844. The van der Waals surface area contributed by atoms with Gasteiger partial charge in [0.15, 0.2) is 17.0 Å². The molecule has 3 unspecified atom stereocenters. The number of carbonyl (C=O) groups excluding carboxylic acids is 3. The van der Waals surface area contributed by atoms with Crippen LogP contribution in [0.3, 0.4) is 0 Å². The molecule has 1 saturated heterocycles. The highest BCUT2D eigenvalue weighted by Crippen LogP contribution is 2.45. The third-order valence-corrected chi connectivity index (χ3v) is 10.5. The zero-order valence-corrected chi connectivity index (χ0v) is 25.7. The molecule has 1 aromatic heterocycles. The fourth-order valence-electron chi connectivity index (χ4n) is 4.35. The van der Waals surface area contributed by atoms with Crippen LogP contribution in [-0.4, -0.2) is 56.7 Å². The van der Waals surface area contributed by atoms with Crippen molar-refractivity contribution in [2.24, 2.45) is 0 Å². The van der Waals surface area contributed by atoms with Crippen molar-refractivity contribution in [1.82, 2.24) is 15.2 Å². The summed E-state index contributed by atoms with van der Waals surface area (Å²) in [5.74, 6) is -1.16. The first-order chi connectivity index (χ1) is 21.2. The topological polar surface area (TPSA) is 141 Å². The Morgan fingerprint density at radius 2 is 1.82 bits per heavy atom. The summed E-state index contributed by atoms with van der Waals surface area (Å²) in [6.07, 6.45) is 0. The molecule has 3 atom stereocenters. The number of nitrogens with one attached hydrogen (secondary N) is 1. The first-order valence-corrected chi connectivity index (χ1v) is 16.3. The molecular formula is C30H26N4O7S3. The van der Waals surface area contributed by atoms with Crippen LogP contribution in [0.5, 0.6) is 5.75 Å². The van der Waals surface area contributed by atoms with E-state index >= 15 is 0 Å². The van der Waals surface area contributed by atoms with Crippen LogP contribution in [0.15, 0.2) is 95.4 Å². The highest BCUT2D eigenvalue weighted by Gasteiger charge is 2.54. The number of amides is 2. The minimum atomic E-state index is -1.12. The number of aromatic nitrogens is 1. The maximum Gasteiger partial charge on any atom is 0.333 e. The van der Waals surface area contributed by atoms with Crippen molar-refractivity contribution in [3.63, 3.8) is 0 Å². The normalized spacial score (nSPS) is 16.6. The number of non-ortho nitro benzene ring substituents is 1. The molecule has 1 aliphatic rings. The summed E-state index contributed by atoms with van der Waals surface area (Å²) in [5.41, 5.74) is 1.68. The van der Waals surface area contributed by atoms with Crippen LogP contribution in [0, 0.1) is 10.1 Å². The van der Waals surface area contributed by atoms with E-state index in [4.69, 9.17) is 9.47 Å². The molecule has 11 nitrogen and oxygen atoms in total. The van der Waals surface area contributed by atoms with E-state index in [0.717, 1.165) is 14.6 Å². The van der Waals surface area contributed by atoms with Crippen molar-refractivity contribution in [2.75, 3.05) is 6.61 Å². The Labute approximate surface area is 264 Å². The number of esters is 1. The van der Waals surface area contributed by atoms with Gasteiger partial charge in [0.25, 0.3) is 11.6 Å². The first kappa shape index (κ1) is 31.0. The third kappa shape index (κ3) is 7.21. The van der Waals surface area contributed by atoms with Crippen LogP contribution in [-0.2, 0) is 25.7 Å². The van der Waals surface area contributed by atoms with Gasteiger partial charge in [-0.3, -0.25) is 19.7 Å². The summed E-state index contributed by atoms with van der Waals surface area (Å²) >= 11 is 1.50. The van der Waals surface area contributed by atoms with E-state index in [0.29, 0.717) is 16.9 Å². The van der Waals surface area contributed by atoms with Crippen molar-refractivity contribution < 1.29 is 28.8 Å². The lowest BCUT2D eigenvalue weighted by Gasteiger charge is -2.49. The fraction of sp³-hybridized carbons (Fsp3) is 0.200. The number of thiazole rings is 1. The molecule has 0 bridgehead atoms. The second-order valence-electron chi connectivity index (χ2n) is 9.69. The summed E-state index contributed by atoms with van der Waals surface area (Å²) in [5, 5.41) is 13.0. The maximum absolute atomic E-state index is 13.5. The lowest BCUT2D eigenvalue weighted by atomic mass is 9.99. The fourth-order valence-corrected chi connectivity index (χ4v) is 8.31. The SMILES string of the molecule is C=C(C)C(C(=O)OCc1ccc([N+](=O)[O-])cc1)N1C(=O)C(NC(=O)COc2ccccc2)C1SSc1nc2ccccc2s1. The Kier molecular flexibility index (Phi) is 9.82. The number of hydrogen-bond donors (Lipinski definition) is 1. The van der Waals surface area contributed by atoms with Crippen LogP contribution in [0.1, 0.15) is 12.5 Å². The molecule has 44 heavy (non-hydrogen) atoms. The second-order valence-corrected chi connectivity index (χ2v) is 13.3. The molecule has 2 heterocycles. The summed E-state index contributed by atoms with van der Waals surface area (Å²) < 4.78 is 12.8. The van der Waals surface area contributed by atoms with Crippen LogP contribution < -0.4 is 10.1 Å². The van der Waals surface area contributed by atoms with Crippen LogP contribution >= 0.6 is 32.9 Å². The molecule has 3 aromatic carbocycles. The zero-order chi connectivity index (χ0) is 31.2. The van der Waals surface area contributed by atoms with Gasteiger partial charge in [-0.2, -0.15) is 0 Å². The highest BCUT2D eigenvalue weighted by molar-refractivity contribution is 8.77. The number of nitrogens with zero attached hydrogens (tertiary/aromatic N) is 3. The number of likely N-dealkylation sites (tertiary alicyclic amines) is 1. The van der Waals surface area contributed by atoms with Crippen molar-refractivity contribution in [3.05, 3.63) is 107 Å². The summed E-state index contributed by atoms with van der Waals surface area (Å²) in [7, 11) is 2.63. The molecule has 14 heteroatoms. The molecule has 2 amide bonds. The number of hydrogen-bond acceptors (Lipinski definition) is 11. The van der Waals surface area contributed by atoms with E-state index in [-0.39, 0.29) is 18.9 Å². The van der Waals surface area contributed by atoms with Gasteiger partial charge in [-0.15, -0.1) is 11.3 Å². The Morgan fingerprint density at radius 3 is 2.50 bits per heavy atom. The van der Waals surface area contributed by atoms with Crippen molar-refractivity contribution in [2.45, 2.75) is 35.3 Å². The molecule has 226 valence electrons. The van der Waals surface area contributed by atoms with E-state index < -0.39 is 40.2 Å². The number of nitro groups is 1. The smallest absolute Gasteiger partial charge is 0.333 e. The highest BCUT2D eigenvalue weighted by atomic mass is 33.1. The largest absolute Gasteiger partial charge is 0.484 e. The van der Waals surface area contributed by atoms with Gasteiger partial charge in [-0.05, 0) is 65.3 Å². The number of carbonyl (C=O) groups is 3. The van der Waals surface area contributed by atoms with Gasteiger partial charge in [-0.1, -0.05) is 47.7 Å². The molecule has 1 N–H and O–H groups in total. The van der Waals surface area contributed by atoms with E-state index in [1.165, 1.54) is 62.1 Å². The zero-order valence-electron chi connectivity index (χ0n) is 23.3. The monoisotopic (exact) mass is 650 g/mol. The minimum Gasteiger partial charge on any atom is -0.484 e. The summed E-state index contributed by atoms with van der Waals surface area (Å²) in [6.45, 7) is 5.10. The van der Waals surface area contributed by atoms with Gasteiger partial charge < -0.3 is 19.7 Å². The molecule has 1 aliphatic heterocycles. The van der Waals surface area contributed by atoms with Gasteiger partial charge in [0.05, 0.1) is 15.1 Å². The first-order valence-electron chi connectivity index (χ1n) is 13.2. The van der Waals surface area contributed by atoms with Crippen molar-refractivity contribution in [3.8, 4) is 5.75 Å². The Hall–Kier alpha value is -4.40. The molecular weight excluding hydrogens is 625 g/mol. The van der Waals surface area contributed by atoms with Gasteiger partial charge in [0, 0.05) is 12.1 Å². The maximum atomic E-state index is 13.5. The number of fused-ring (bicyclic) bond motifs is 1. The molecule has 4 aromatic rings. The lowest BCUT2D eigenvalue weighted by molar-refractivity contribution is -0.384. The number of benzene rings is 3. The lowest BCUT2D eigenvalue weighted by Crippen LogP contribution is -2.73. The number of nitro benzene ring substituents is 1. The summed E-state index contributed by atoms with van der Waals surface area (Å²) in [6, 6.07) is 20.1. The number of rotatable bonds is 13. The van der Waals surface area contributed by atoms with E-state index in [9.17, 15) is 24.5 Å². The Morgan fingerprint density at radius 1 is 1.11 bits per heavy atom. The Balaban J connectivity index is 1.30. The third-order valence-electron chi connectivity index (χ3n) is 6.50. The molecule has 0 radical (unpaired) electrons. The van der Waals surface area contributed by atoms with Crippen molar-refractivity contribution in [1.29, 1.82) is 0 Å². The van der Waals surface area contributed by atoms with Crippen LogP contribution in [0.2, 0.25) is 0 Å². The molecule has 0 aliphatic carbocycles. The van der Waals surface area contributed by atoms with E-state index in [1.807, 2.05) is 30.3 Å². The molecule has 1 fully saturated rings. The van der Waals surface area contributed by atoms with Gasteiger partial charge in [-0.25, -0.2) is 9.78 Å². The quantitative estimate of drug-likeness (QED) is 0.0502.